The maximum absolute atomic E-state index is 10.8. The Morgan fingerprint density at radius 3 is 2.92 bits per heavy atom. The fourth-order valence-corrected chi connectivity index (χ4v) is 0.876. The molecule has 1 amide bonds. The van der Waals surface area contributed by atoms with Gasteiger partial charge in [0.25, 0.3) is 0 Å². The maximum Gasteiger partial charge on any atom is 0.234 e. The van der Waals surface area contributed by atoms with Gasteiger partial charge in [-0.15, -0.1) is 0 Å². The van der Waals surface area contributed by atoms with Crippen molar-refractivity contribution < 1.29 is 4.79 Å². The number of aromatic nitrogens is 1. The predicted molar refractivity (Wildman–Crippen MR) is 49.9 cm³/mol. The van der Waals surface area contributed by atoms with Crippen LogP contribution in [0.15, 0.2) is 18.3 Å². The zero-order valence-corrected chi connectivity index (χ0v) is 7.58. The van der Waals surface area contributed by atoms with Gasteiger partial charge in [-0.3, -0.25) is 9.78 Å². The molecule has 0 fully saturated rings. The first-order chi connectivity index (χ1) is 6.22. The molecule has 3 N–H and O–H groups in total. The third kappa shape index (κ3) is 3.21. The Labute approximate surface area is 77.2 Å². The Morgan fingerprint density at radius 2 is 2.38 bits per heavy atom. The van der Waals surface area contributed by atoms with Crippen molar-refractivity contribution in [1.29, 1.82) is 0 Å². The molecule has 0 unspecified atom stereocenters. The number of nitrogens with two attached hydrogens (primary N) is 1. The van der Waals surface area contributed by atoms with Crippen molar-refractivity contribution in [2.45, 2.75) is 13.5 Å². The highest BCUT2D eigenvalue weighted by Crippen LogP contribution is 1.97. The minimum atomic E-state index is -0.152. The molecule has 0 bridgehead atoms. The first kappa shape index (κ1) is 9.67. The summed E-state index contributed by atoms with van der Waals surface area (Å²) >= 11 is 0. The van der Waals surface area contributed by atoms with Crippen molar-refractivity contribution in [3.63, 3.8) is 0 Å². The third-order valence-corrected chi connectivity index (χ3v) is 1.65. The third-order valence-electron chi connectivity index (χ3n) is 1.65. The zero-order chi connectivity index (χ0) is 9.68. The van der Waals surface area contributed by atoms with Crippen LogP contribution in [0.2, 0.25) is 0 Å². The molecule has 0 atom stereocenters. The second-order valence-electron chi connectivity index (χ2n) is 2.79. The van der Waals surface area contributed by atoms with E-state index in [2.05, 4.69) is 10.3 Å². The van der Waals surface area contributed by atoms with Crippen LogP contribution in [-0.2, 0) is 11.3 Å². The Bertz CT molecular complexity index is 281. The van der Waals surface area contributed by atoms with Gasteiger partial charge in [0.1, 0.15) is 0 Å². The SMILES string of the molecule is Cc1ccc(CNC(=O)CN)cn1. The number of hydrogen-bond acceptors (Lipinski definition) is 3. The van der Waals surface area contributed by atoms with Crippen LogP contribution in [0.4, 0.5) is 0 Å². The Balaban J connectivity index is 2.46. The summed E-state index contributed by atoms with van der Waals surface area (Å²) in [5, 5.41) is 2.66. The zero-order valence-electron chi connectivity index (χ0n) is 7.58. The number of nitrogens with zero attached hydrogens (tertiary/aromatic N) is 1. The summed E-state index contributed by atoms with van der Waals surface area (Å²) in [6.45, 7) is 2.44. The lowest BCUT2D eigenvalue weighted by atomic mass is 10.2. The van der Waals surface area contributed by atoms with Crippen molar-refractivity contribution >= 4 is 5.91 Å². The highest BCUT2D eigenvalue weighted by Gasteiger charge is 1.97. The predicted octanol–water partition coefficient (Wildman–Crippen LogP) is -0.0351. The van der Waals surface area contributed by atoms with Gasteiger partial charge in [0.05, 0.1) is 6.54 Å². The largest absolute Gasteiger partial charge is 0.351 e. The van der Waals surface area contributed by atoms with E-state index >= 15 is 0 Å². The normalized spacial score (nSPS) is 9.69. The van der Waals surface area contributed by atoms with Gasteiger partial charge in [-0.25, -0.2) is 0 Å². The molecule has 1 rings (SSSR count). The number of carbonyl (C=O) groups excluding carboxylic acids is 1. The maximum atomic E-state index is 10.8. The minimum absolute atomic E-state index is 0.0271. The molecular formula is C9H13N3O. The number of aryl methyl sites for hydroxylation is 1. The van der Waals surface area contributed by atoms with Crippen LogP contribution in [0, 0.1) is 6.92 Å². The molecule has 0 aromatic carbocycles. The summed E-state index contributed by atoms with van der Waals surface area (Å²) in [4.78, 5) is 14.9. The molecule has 1 aromatic rings. The molecule has 0 spiro atoms. The molecule has 0 aliphatic rings. The van der Waals surface area contributed by atoms with E-state index in [-0.39, 0.29) is 12.5 Å². The van der Waals surface area contributed by atoms with E-state index in [0.717, 1.165) is 11.3 Å². The fourth-order valence-electron chi connectivity index (χ4n) is 0.876. The summed E-state index contributed by atoms with van der Waals surface area (Å²) in [7, 11) is 0. The molecule has 0 radical (unpaired) electrons. The smallest absolute Gasteiger partial charge is 0.234 e. The lowest BCUT2D eigenvalue weighted by Crippen LogP contribution is -2.29. The summed E-state index contributed by atoms with van der Waals surface area (Å²) in [6.07, 6.45) is 1.74. The van der Waals surface area contributed by atoms with Crippen LogP contribution in [0.3, 0.4) is 0 Å². The van der Waals surface area contributed by atoms with Gasteiger partial charge >= 0.3 is 0 Å². The van der Waals surface area contributed by atoms with E-state index in [9.17, 15) is 4.79 Å². The summed E-state index contributed by atoms with van der Waals surface area (Å²) in [5.41, 5.74) is 7.08. The van der Waals surface area contributed by atoms with Crippen LogP contribution < -0.4 is 11.1 Å². The molecule has 0 aliphatic carbocycles. The van der Waals surface area contributed by atoms with E-state index in [1.807, 2.05) is 19.1 Å². The van der Waals surface area contributed by atoms with Crippen molar-refractivity contribution in [3.8, 4) is 0 Å². The first-order valence-corrected chi connectivity index (χ1v) is 4.10. The Kier molecular flexibility index (Phi) is 3.40. The number of hydrogen-bond donors (Lipinski definition) is 2. The van der Waals surface area contributed by atoms with E-state index in [4.69, 9.17) is 5.73 Å². The number of rotatable bonds is 3. The van der Waals surface area contributed by atoms with Gasteiger partial charge in [0.15, 0.2) is 0 Å². The minimum Gasteiger partial charge on any atom is -0.351 e. The standard InChI is InChI=1S/C9H13N3O/c1-7-2-3-8(5-11-7)6-12-9(13)4-10/h2-3,5H,4,6,10H2,1H3,(H,12,13). The molecule has 1 aromatic heterocycles. The summed E-state index contributed by atoms with van der Waals surface area (Å²) < 4.78 is 0. The van der Waals surface area contributed by atoms with Crippen LogP contribution in [-0.4, -0.2) is 17.4 Å². The van der Waals surface area contributed by atoms with E-state index in [1.54, 1.807) is 6.20 Å². The number of carbonyl (C=O) groups is 1. The Morgan fingerprint density at radius 1 is 1.62 bits per heavy atom. The monoisotopic (exact) mass is 179 g/mol. The Hall–Kier alpha value is -1.42. The van der Waals surface area contributed by atoms with Gasteiger partial charge in [-0.1, -0.05) is 6.07 Å². The van der Waals surface area contributed by atoms with Crippen LogP contribution in [0.5, 0.6) is 0 Å². The average molecular weight is 179 g/mol. The number of pyridine rings is 1. The fraction of sp³-hybridized carbons (Fsp3) is 0.333. The molecular weight excluding hydrogens is 166 g/mol. The van der Waals surface area contributed by atoms with Crippen molar-refractivity contribution in [2.24, 2.45) is 5.73 Å². The summed E-state index contributed by atoms with van der Waals surface area (Å²) in [5.74, 6) is -0.152. The lowest BCUT2D eigenvalue weighted by molar-refractivity contribution is -0.119. The van der Waals surface area contributed by atoms with Gasteiger partial charge in [-0.2, -0.15) is 0 Å². The van der Waals surface area contributed by atoms with Gasteiger partial charge < -0.3 is 11.1 Å². The molecule has 0 saturated carbocycles. The molecule has 13 heavy (non-hydrogen) atoms. The van der Waals surface area contributed by atoms with E-state index in [0.29, 0.717) is 6.54 Å². The van der Waals surface area contributed by atoms with E-state index in [1.165, 1.54) is 0 Å². The van der Waals surface area contributed by atoms with Gasteiger partial charge in [-0.05, 0) is 18.6 Å². The van der Waals surface area contributed by atoms with Crippen molar-refractivity contribution in [2.75, 3.05) is 6.54 Å². The molecule has 70 valence electrons. The highest BCUT2D eigenvalue weighted by molar-refractivity contribution is 5.77. The van der Waals surface area contributed by atoms with Crippen LogP contribution >= 0.6 is 0 Å². The summed E-state index contributed by atoms with van der Waals surface area (Å²) in [6, 6.07) is 3.84. The van der Waals surface area contributed by atoms with Gasteiger partial charge in [0, 0.05) is 18.4 Å². The molecule has 0 aliphatic heterocycles. The van der Waals surface area contributed by atoms with Crippen molar-refractivity contribution in [1.82, 2.24) is 10.3 Å². The van der Waals surface area contributed by atoms with E-state index < -0.39 is 0 Å². The number of nitrogens with one attached hydrogen (secondary N) is 1. The van der Waals surface area contributed by atoms with Crippen molar-refractivity contribution in [3.05, 3.63) is 29.6 Å². The first-order valence-electron chi connectivity index (χ1n) is 4.10. The highest BCUT2D eigenvalue weighted by atomic mass is 16.1. The average Bonchev–Trinajstić information content (AvgIpc) is 2.16. The van der Waals surface area contributed by atoms with Crippen LogP contribution in [0.1, 0.15) is 11.3 Å². The molecule has 4 heteroatoms. The topological polar surface area (TPSA) is 68.0 Å². The second kappa shape index (κ2) is 4.57. The van der Waals surface area contributed by atoms with Gasteiger partial charge in [0.2, 0.25) is 5.91 Å². The lowest BCUT2D eigenvalue weighted by Gasteiger charge is -2.02. The quantitative estimate of drug-likeness (QED) is 0.684. The second-order valence-corrected chi connectivity index (χ2v) is 2.79. The molecule has 1 heterocycles. The molecule has 4 nitrogen and oxygen atoms in total. The van der Waals surface area contributed by atoms with Crippen LogP contribution in [0.25, 0.3) is 0 Å². The molecule has 0 saturated heterocycles. The number of amides is 1.